The van der Waals surface area contributed by atoms with Crippen LogP contribution in [-0.2, 0) is 20.0 Å². The van der Waals surface area contributed by atoms with E-state index in [-0.39, 0.29) is 9.79 Å². The first kappa shape index (κ1) is 25.5. The standard InChI is InChI=1S/C32H22N2O4S3/c35-40(36,33-22-9-3-1-4-10-22)24-17-15-21-16-18-27-31-26-14-8-7-13-25(26)30(20-29(31)39-32(27)28(21)19-24)41(37,38)34-23-11-5-2-6-12-23/h1-20,33-34H. The zero-order valence-electron chi connectivity index (χ0n) is 21.4. The third-order valence-corrected chi connectivity index (χ3v) is 11.0. The molecule has 6 nitrogen and oxygen atoms in total. The van der Waals surface area contributed by atoms with Crippen molar-refractivity contribution in [2.75, 3.05) is 9.44 Å². The summed E-state index contributed by atoms with van der Waals surface area (Å²) in [5.74, 6) is 0. The maximum atomic E-state index is 13.6. The third kappa shape index (κ3) is 4.48. The van der Waals surface area contributed by atoms with Crippen molar-refractivity contribution >= 4 is 84.5 Å². The van der Waals surface area contributed by atoms with Gasteiger partial charge in [0.05, 0.1) is 9.79 Å². The van der Waals surface area contributed by atoms with E-state index in [9.17, 15) is 16.8 Å². The lowest BCUT2D eigenvalue weighted by Gasteiger charge is -2.12. The van der Waals surface area contributed by atoms with E-state index in [4.69, 9.17) is 0 Å². The van der Waals surface area contributed by atoms with Crippen LogP contribution in [0.5, 0.6) is 0 Å². The SMILES string of the molecule is O=S(=O)(Nc1ccccc1)c1ccc2ccc3c(sc4cc(S(=O)(=O)Nc5ccccc5)c5ccccc5c43)c2c1. The van der Waals surface area contributed by atoms with Gasteiger partial charge in [0.15, 0.2) is 0 Å². The minimum absolute atomic E-state index is 0.152. The van der Waals surface area contributed by atoms with Crippen LogP contribution < -0.4 is 9.44 Å². The Morgan fingerprint density at radius 2 is 1.10 bits per heavy atom. The van der Waals surface area contributed by atoms with Gasteiger partial charge in [0.25, 0.3) is 20.0 Å². The molecule has 0 bridgehead atoms. The summed E-state index contributed by atoms with van der Waals surface area (Å²) in [6.45, 7) is 0. The molecule has 202 valence electrons. The van der Waals surface area contributed by atoms with Gasteiger partial charge >= 0.3 is 0 Å². The summed E-state index contributed by atoms with van der Waals surface area (Å²) in [7, 11) is -7.73. The molecule has 41 heavy (non-hydrogen) atoms. The molecule has 0 amide bonds. The second-order valence-corrected chi connectivity index (χ2v) is 14.0. The third-order valence-electron chi connectivity index (χ3n) is 7.05. The highest BCUT2D eigenvalue weighted by atomic mass is 32.2. The van der Waals surface area contributed by atoms with E-state index >= 15 is 0 Å². The van der Waals surface area contributed by atoms with Crippen LogP contribution in [0.15, 0.2) is 131 Å². The van der Waals surface area contributed by atoms with Crippen molar-refractivity contribution in [2.45, 2.75) is 9.79 Å². The Bertz CT molecular complexity index is 2330. The normalized spacial score (nSPS) is 12.3. The van der Waals surface area contributed by atoms with Crippen LogP contribution in [0, 0.1) is 0 Å². The fraction of sp³-hybridized carbons (Fsp3) is 0. The van der Waals surface area contributed by atoms with Gasteiger partial charge in [-0.15, -0.1) is 11.3 Å². The molecule has 0 atom stereocenters. The Morgan fingerprint density at radius 3 is 1.78 bits per heavy atom. The lowest BCUT2D eigenvalue weighted by Crippen LogP contribution is -2.13. The van der Waals surface area contributed by atoms with Crippen molar-refractivity contribution < 1.29 is 16.8 Å². The summed E-state index contributed by atoms with van der Waals surface area (Å²) in [5, 5.41) is 5.00. The van der Waals surface area contributed by atoms with Crippen LogP contribution >= 0.6 is 11.3 Å². The maximum Gasteiger partial charge on any atom is 0.262 e. The topological polar surface area (TPSA) is 92.3 Å². The smallest absolute Gasteiger partial charge is 0.262 e. The van der Waals surface area contributed by atoms with Crippen molar-refractivity contribution in [1.82, 2.24) is 0 Å². The largest absolute Gasteiger partial charge is 0.280 e. The zero-order valence-corrected chi connectivity index (χ0v) is 23.9. The molecule has 6 aromatic carbocycles. The van der Waals surface area contributed by atoms with Gasteiger partial charge in [-0.1, -0.05) is 78.9 Å². The molecule has 0 aliphatic rings. The second kappa shape index (κ2) is 9.59. The molecule has 0 saturated heterocycles. The van der Waals surface area contributed by atoms with Gasteiger partial charge in [-0.2, -0.15) is 0 Å². The summed E-state index contributed by atoms with van der Waals surface area (Å²) < 4.78 is 60.8. The molecule has 0 spiro atoms. The highest BCUT2D eigenvalue weighted by molar-refractivity contribution is 7.93. The predicted molar refractivity (Wildman–Crippen MR) is 169 cm³/mol. The average molecular weight is 595 g/mol. The lowest BCUT2D eigenvalue weighted by atomic mass is 10.0. The second-order valence-electron chi connectivity index (χ2n) is 9.66. The Labute approximate surface area is 241 Å². The number of sulfonamides is 2. The van der Waals surface area contributed by atoms with E-state index in [0.29, 0.717) is 16.8 Å². The quantitative estimate of drug-likeness (QED) is 0.204. The van der Waals surface area contributed by atoms with Gasteiger partial charge in [0, 0.05) is 42.3 Å². The first-order valence-electron chi connectivity index (χ1n) is 12.8. The first-order valence-corrected chi connectivity index (χ1v) is 16.5. The van der Waals surface area contributed by atoms with Gasteiger partial charge in [0.2, 0.25) is 0 Å². The lowest BCUT2D eigenvalue weighted by molar-refractivity contribution is 0.600. The van der Waals surface area contributed by atoms with Crippen molar-refractivity contribution in [3.05, 3.63) is 121 Å². The summed E-state index contributed by atoms with van der Waals surface area (Å²) in [6, 6.07) is 35.9. The molecule has 1 aromatic heterocycles. The first-order chi connectivity index (χ1) is 19.8. The predicted octanol–water partition coefficient (Wildman–Crippen LogP) is 7.96. The van der Waals surface area contributed by atoms with Crippen LogP contribution in [0.1, 0.15) is 0 Å². The summed E-state index contributed by atoms with van der Waals surface area (Å²) in [5.41, 5.74) is 0.967. The molecule has 0 fully saturated rings. The maximum absolute atomic E-state index is 13.6. The molecular weight excluding hydrogens is 573 g/mol. The fourth-order valence-electron chi connectivity index (χ4n) is 5.19. The molecule has 9 heteroatoms. The van der Waals surface area contributed by atoms with E-state index < -0.39 is 20.0 Å². The minimum Gasteiger partial charge on any atom is -0.280 e. The van der Waals surface area contributed by atoms with Gasteiger partial charge in [0.1, 0.15) is 0 Å². The molecule has 0 unspecified atom stereocenters. The molecular formula is C32H22N2O4S3. The number of benzene rings is 6. The average Bonchev–Trinajstić information content (AvgIpc) is 3.36. The number of rotatable bonds is 6. The summed E-state index contributed by atoms with van der Waals surface area (Å²) in [4.78, 5) is 0.342. The Kier molecular flexibility index (Phi) is 5.97. The monoisotopic (exact) mass is 594 g/mol. The van der Waals surface area contributed by atoms with Gasteiger partial charge < -0.3 is 0 Å². The van der Waals surface area contributed by atoms with Crippen LogP contribution in [0.25, 0.3) is 41.7 Å². The summed E-state index contributed by atoms with van der Waals surface area (Å²) in [6.07, 6.45) is 0. The zero-order chi connectivity index (χ0) is 28.2. The van der Waals surface area contributed by atoms with Crippen LogP contribution in [-0.4, -0.2) is 16.8 Å². The molecule has 2 N–H and O–H groups in total. The number of hydrogen-bond donors (Lipinski definition) is 2. The van der Waals surface area contributed by atoms with Gasteiger partial charge in [-0.3, -0.25) is 9.44 Å². The minimum atomic E-state index is -3.90. The van der Waals surface area contributed by atoms with Gasteiger partial charge in [-0.25, -0.2) is 16.8 Å². The highest BCUT2D eigenvalue weighted by Gasteiger charge is 2.22. The Balaban J connectivity index is 1.44. The fourth-order valence-corrected chi connectivity index (χ4v) is 8.93. The molecule has 0 aliphatic heterocycles. The van der Waals surface area contributed by atoms with Crippen LogP contribution in [0.2, 0.25) is 0 Å². The van der Waals surface area contributed by atoms with E-state index in [2.05, 4.69) is 9.44 Å². The molecule has 7 rings (SSSR count). The molecule has 0 saturated carbocycles. The van der Waals surface area contributed by atoms with E-state index in [1.54, 1.807) is 72.8 Å². The number of anilines is 2. The van der Waals surface area contributed by atoms with Gasteiger partial charge in [-0.05, 0) is 53.2 Å². The van der Waals surface area contributed by atoms with Crippen LogP contribution in [0.4, 0.5) is 11.4 Å². The number of fused-ring (bicyclic) bond motifs is 7. The number of nitrogens with one attached hydrogen (secondary N) is 2. The molecule has 0 aliphatic carbocycles. The van der Waals surface area contributed by atoms with Crippen molar-refractivity contribution in [2.24, 2.45) is 0 Å². The molecule has 1 heterocycles. The Morgan fingerprint density at radius 1 is 0.512 bits per heavy atom. The van der Waals surface area contributed by atoms with E-state index in [0.717, 1.165) is 36.3 Å². The summed E-state index contributed by atoms with van der Waals surface area (Å²) >= 11 is 1.46. The highest BCUT2D eigenvalue weighted by Crippen LogP contribution is 2.44. The number of hydrogen-bond acceptors (Lipinski definition) is 5. The van der Waals surface area contributed by atoms with Crippen molar-refractivity contribution in [1.29, 1.82) is 0 Å². The molecule has 0 radical (unpaired) electrons. The van der Waals surface area contributed by atoms with E-state index in [1.165, 1.54) is 11.3 Å². The number of para-hydroxylation sites is 2. The number of thiophene rings is 1. The molecule has 7 aromatic rings. The van der Waals surface area contributed by atoms with Crippen LogP contribution in [0.3, 0.4) is 0 Å². The van der Waals surface area contributed by atoms with Crippen molar-refractivity contribution in [3.8, 4) is 0 Å². The Hall–Kier alpha value is -4.44. The van der Waals surface area contributed by atoms with Crippen molar-refractivity contribution in [3.63, 3.8) is 0 Å². The van der Waals surface area contributed by atoms with E-state index in [1.807, 2.05) is 48.5 Å².